The number of halogens is 1. The molecule has 0 fully saturated rings. The minimum atomic E-state index is 0.0730. The quantitative estimate of drug-likeness (QED) is 0.804. The number of Topliss-reactive ketones (excluding diaryl/α,β-unsaturated/α-hetero) is 1. The summed E-state index contributed by atoms with van der Waals surface area (Å²) in [4.78, 5) is 12.6. The van der Waals surface area contributed by atoms with Crippen molar-refractivity contribution in [1.82, 2.24) is 9.78 Å². The maximum atomic E-state index is 11.6. The van der Waals surface area contributed by atoms with Crippen LogP contribution in [0.1, 0.15) is 23.0 Å². The van der Waals surface area contributed by atoms with Crippen LogP contribution in [0.15, 0.2) is 38.7 Å². The Hall–Kier alpha value is -1.07. The highest BCUT2D eigenvalue weighted by molar-refractivity contribution is 9.10. The van der Waals surface area contributed by atoms with Gasteiger partial charge in [-0.2, -0.15) is 5.10 Å². The van der Waals surface area contributed by atoms with Crippen LogP contribution < -0.4 is 0 Å². The first-order chi connectivity index (χ1) is 8.47. The van der Waals surface area contributed by atoms with Gasteiger partial charge in [0, 0.05) is 22.0 Å². The normalized spacial score (nSPS) is 10.7. The zero-order chi connectivity index (χ0) is 13.3. The van der Waals surface area contributed by atoms with Crippen molar-refractivity contribution in [2.45, 2.75) is 23.8 Å². The maximum Gasteiger partial charge on any atom is 0.160 e. The summed E-state index contributed by atoms with van der Waals surface area (Å²) >= 11 is 4.99. The first kappa shape index (κ1) is 13.4. The zero-order valence-electron chi connectivity index (χ0n) is 10.4. The monoisotopic (exact) mass is 324 g/mol. The van der Waals surface area contributed by atoms with E-state index in [1.54, 1.807) is 18.7 Å². The van der Waals surface area contributed by atoms with Crippen LogP contribution in [0, 0.1) is 6.92 Å². The number of hydrogen-bond acceptors (Lipinski definition) is 3. The van der Waals surface area contributed by atoms with Crippen molar-refractivity contribution in [2.24, 2.45) is 7.05 Å². The maximum absolute atomic E-state index is 11.6. The molecule has 0 aliphatic carbocycles. The fraction of sp³-hybridized carbons (Fsp3) is 0.231. The van der Waals surface area contributed by atoms with E-state index in [2.05, 4.69) is 21.0 Å². The van der Waals surface area contributed by atoms with Gasteiger partial charge in [0.15, 0.2) is 5.78 Å². The number of aryl methyl sites for hydroxylation is 2. The van der Waals surface area contributed by atoms with Crippen LogP contribution in [-0.2, 0) is 7.05 Å². The molecule has 0 aliphatic heterocycles. The number of carbonyl (C=O) groups is 1. The van der Waals surface area contributed by atoms with Gasteiger partial charge in [-0.3, -0.25) is 9.48 Å². The third-order valence-corrected chi connectivity index (χ3v) is 4.14. The van der Waals surface area contributed by atoms with E-state index in [-0.39, 0.29) is 5.78 Å². The molecule has 0 N–H and O–H groups in total. The molecule has 0 aliphatic rings. The van der Waals surface area contributed by atoms with E-state index in [1.165, 1.54) is 0 Å². The number of ketones is 1. The zero-order valence-corrected chi connectivity index (χ0v) is 12.8. The van der Waals surface area contributed by atoms with Crippen molar-refractivity contribution in [3.63, 3.8) is 0 Å². The van der Waals surface area contributed by atoms with Crippen molar-refractivity contribution in [1.29, 1.82) is 0 Å². The first-order valence-corrected chi connectivity index (χ1v) is 7.07. The van der Waals surface area contributed by atoms with Gasteiger partial charge in [-0.15, -0.1) is 0 Å². The third-order valence-electron chi connectivity index (χ3n) is 2.50. The highest BCUT2D eigenvalue weighted by atomic mass is 79.9. The van der Waals surface area contributed by atoms with Gasteiger partial charge in [0.1, 0.15) is 0 Å². The van der Waals surface area contributed by atoms with E-state index in [0.29, 0.717) is 0 Å². The molecule has 3 nitrogen and oxygen atoms in total. The Kier molecular flexibility index (Phi) is 3.92. The second-order valence-electron chi connectivity index (χ2n) is 4.05. The predicted molar refractivity (Wildman–Crippen MR) is 76.2 cm³/mol. The van der Waals surface area contributed by atoms with Crippen molar-refractivity contribution >= 4 is 33.5 Å². The van der Waals surface area contributed by atoms with Crippen LogP contribution >= 0.6 is 27.7 Å². The van der Waals surface area contributed by atoms with Crippen LogP contribution in [0.3, 0.4) is 0 Å². The van der Waals surface area contributed by atoms with Crippen molar-refractivity contribution in [2.75, 3.05) is 0 Å². The molecule has 5 heteroatoms. The number of aromatic nitrogens is 2. The molecule has 0 radical (unpaired) electrons. The summed E-state index contributed by atoms with van der Waals surface area (Å²) in [6.07, 6.45) is 0. The van der Waals surface area contributed by atoms with Crippen LogP contribution in [0.2, 0.25) is 0 Å². The first-order valence-electron chi connectivity index (χ1n) is 5.46. The lowest BCUT2D eigenvalue weighted by atomic mass is 10.1. The summed E-state index contributed by atoms with van der Waals surface area (Å²) in [6, 6.07) is 7.70. The summed E-state index contributed by atoms with van der Waals surface area (Å²) < 4.78 is 2.79. The van der Waals surface area contributed by atoms with Gasteiger partial charge in [0.05, 0.1) is 10.7 Å². The van der Waals surface area contributed by atoms with E-state index >= 15 is 0 Å². The van der Waals surface area contributed by atoms with Crippen LogP contribution in [0.25, 0.3) is 0 Å². The Morgan fingerprint density at radius 2 is 2.11 bits per heavy atom. The molecular formula is C13H13BrN2OS. The topological polar surface area (TPSA) is 34.9 Å². The van der Waals surface area contributed by atoms with Gasteiger partial charge in [0.25, 0.3) is 0 Å². The molecule has 1 heterocycles. The van der Waals surface area contributed by atoms with Crippen LogP contribution in [0.5, 0.6) is 0 Å². The molecule has 2 rings (SSSR count). The van der Waals surface area contributed by atoms with E-state index in [1.807, 2.05) is 42.9 Å². The Bertz CT molecular complexity index is 607. The Morgan fingerprint density at radius 1 is 1.39 bits per heavy atom. The predicted octanol–water partition coefficient (Wildman–Crippen LogP) is 3.84. The molecule has 0 saturated carbocycles. The molecule has 1 aromatic heterocycles. The van der Waals surface area contributed by atoms with Crippen molar-refractivity contribution in [3.8, 4) is 0 Å². The SMILES string of the molecule is CC(=O)c1ccc(Br)cc1Sc1cc(C)nn1C. The molecule has 0 bridgehead atoms. The average molecular weight is 325 g/mol. The lowest BCUT2D eigenvalue weighted by Gasteiger charge is -2.07. The molecule has 0 spiro atoms. The number of nitrogens with zero attached hydrogens (tertiary/aromatic N) is 2. The van der Waals surface area contributed by atoms with E-state index < -0.39 is 0 Å². The fourth-order valence-electron chi connectivity index (χ4n) is 1.67. The number of hydrogen-bond donors (Lipinski definition) is 0. The van der Waals surface area contributed by atoms with Crippen molar-refractivity contribution < 1.29 is 4.79 Å². The minimum Gasteiger partial charge on any atom is -0.294 e. The van der Waals surface area contributed by atoms with Crippen molar-refractivity contribution in [3.05, 3.63) is 40.0 Å². The molecule has 94 valence electrons. The van der Waals surface area contributed by atoms with Gasteiger partial charge in [-0.1, -0.05) is 27.7 Å². The fourth-order valence-corrected chi connectivity index (χ4v) is 3.31. The number of carbonyl (C=O) groups excluding carboxylic acids is 1. The largest absolute Gasteiger partial charge is 0.294 e. The summed E-state index contributed by atoms with van der Waals surface area (Å²) in [5.74, 6) is 0.0730. The van der Waals surface area contributed by atoms with Gasteiger partial charge >= 0.3 is 0 Å². The smallest absolute Gasteiger partial charge is 0.160 e. The van der Waals surface area contributed by atoms with E-state index in [0.717, 1.165) is 25.7 Å². The molecule has 0 atom stereocenters. The molecule has 0 unspecified atom stereocenters. The summed E-state index contributed by atoms with van der Waals surface area (Å²) in [5, 5.41) is 5.32. The average Bonchev–Trinajstić information content (AvgIpc) is 2.57. The standard InChI is InChI=1S/C13H13BrN2OS/c1-8-6-13(16(3)15-8)18-12-7-10(14)4-5-11(12)9(2)17/h4-7H,1-3H3. The van der Waals surface area contributed by atoms with Gasteiger partial charge in [0.2, 0.25) is 0 Å². The molecule has 2 aromatic rings. The lowest BCUT2D eigenvalue weighted by molar-refractivity contribution is 0.101. The molecular weight excluding hydrogens is 312 g/mol. The van der Waals surface area contributed by atoms with Gasteiger partial charge in [-0.05, 0) is 38.1 Å². The lowest BCUT2D eigenvalue weighted by Crippen LogP contribution is -1.97. The third kappa shape index (κ3) is 2.84. The molecule has 0 amide bonds. The Morgan fingerprint density at radius 3 is 2.67 bits per heavy atom. The van der Waals surface area contributed by atoms with Crippen LogP contribution in [-0.4, -0.2) is 15.6 Å². The number of benzene rings is 1. The Labute approximate surface area is 119 Å². The van der Waals surface area contributed by atoms with E-state index in [9.17, 15) is 4.79 Å². The molecule has 18 heavy (non-hydrogen) atoms. The highest BCUT2D eigenvalue weighted by Gasteiger charge is 2.11. The summed E-state index contributed by atoms with van der Waals surface area (Å²) in [5.41, 5.74) is 1.71. The second kappa shape index (κ2) is 5.28. The molecule has 1 aromatic carbocycles. The minimum absolute atomic E-state index is 0.0730. The second-order valence-corrected chi connectivity index (χ2v) is 6.02. The van der Waals surface area contributed by atoms with Gasteiger partial charge < -0.3 is 0 Å². The summed E-state index contributed by atoms with van der Waals surface area (Å²) in [7, 11) is 1.90. The van der Waals surface area contributed by atoms with Crippen LogP contribution in [0.4, 0.5) is 0 Å². The Balaban J connectivity index is 2.42. The summed E-state index contributed by atoms with van der Waals surface area (Å²) in [6.45, 7) is 3.54. The molecule has 0 saturated heterocycles. The number of rotatable bonds is 3. The van der Waals surface area contributed by atoms with E-state index in [4.69, 9.17) is 0 Å². The van der Waals surface area contributed by atoms with Gasteiger partial charge in [-0.25, -0.2) is 0 Å². The highest BCUT2D eigenvalue weighted by Crippen LogP contribution is 2.32.